The first-order valence-electron chi connectivity index (χ1n) is 9.54. The van der Waals surface area contributed by atoms with E-state index in [4.69, 9.17) is 9.72 Å². The molecular weight excluding hydrogens is 358 g/mol. The van der Waals surface area contributed by atoms with E-state index in [0.717, 1.165) is 24.4 Å². The molecule has 8 heteroatoms. The number of imidazole rings is 1. The van der Waals surface area contributed by atoms with Crippen molar-refractivity contribution in [3.05, 3.63) is 45.1 Å². The molecule has 0 radical (unpaired) electrons. The summed E-state index contributed by atoms with van der Waals surface area (Å²) in [7, 11) is 3.31. The molecule has 1 aliphatic rings. The van der Waals surface area contributed by atoms with Crippen LogP contribution in [-0.4, -0.2) is 32.3 Å². The lowest BCUT2D eigenvalue weighted by Crippen LogP contribution is -2.40. The van der Waals surface area contributed by atoms with E-state index in [1.807, 2.05) is 42.7 Å². The molecule has 0 amide bonds. The van der Waals surface area contributed by atoms with Crippen molar-refractivity contribution in [2.75, 3.05) is 18.6 Å². The Kier molecular flexibility index (Phi) is 4.49. The zero-order chi connectivity index (χ0) is 20.0. The first kappa shape index (κ1) is 18.3. The lowest BCUT2D eigenvalue weighted by Gasteiger charge is -2.29. The lowest BCUT2D eigenvalue weighted by molar-refractivity contribution is 0.415. The van der Waals surface area contributed by atoms with E-state index in [1.165, 1.54) is 9.13 Å². The number of aryl methyl sites for hydroxylation is 2. The average Bonchev–Trinajstić information content (AvgIpc) is 3.09. The molecule has 0 atom stereocenters. The molecule has 0 fully saturated rings. The average molecular weight is 383 g/mol. The molecule has 8 nitrogen and oxygen atoms in total. The van der Waals surface area contributed by atoms with Crippen molar-refractivity contribution in [3.8, 4) is 5.75 Å². The van der Waals surface area contributed by atoms with Gasteiger partial charge in [0.25, 0.3) is 5.56 Å². The molecule has 1 aromatic carbocycles. The zero-order valence-electron chi connectivity index (χ0n) is 16.7. The molecule has 2 aromatic heterocycles. The minimum Gasteiger partial charge on any atom is -0.497 e. The molecule has 0 spiro atoms. The number of methoxy groups -OCH3 is 1. The van der Waals surface area contributed by atoms with Crippen LogP contribution in [0.3, 0.4) is 0 Å². The predicted molar refractivity (Wildman–Crippen MR) is 109 cm³/mol. The van der Waals surface area contributed by atoms with Gasteiger partial charge in [-0.2, -0.15) is 4.98 Å². The fourth-order valence-corrected chi connectivity index (χ4v) is 3.81. The van der Waals surface area contributed by atoms with Gasteiger partial charge in [-0.15, -0.1) is 0 Å². The number of anilines is 2. The van der Waals surface area contributed by atoms with E-state index < -0.39 is 0 Å². The standard InChI is InChI=1S/C20H25N5O3/c1-13(2)12-25-18(26)16-17(22(3)20(25)27)21-19-23(9-6-10-24(16)19)14-7-5-8-15(11-14)28-4/h5,7-8,11,13H,6,9-10,12H2,1-4H3. The van der Waals surface area contributed by atoms with E-state index in [1.54, 1.807) is 14.2 Å². The van der Waals surface area contributed by atoms with Gasteiger partial charge >= 0.3 is 5.69 Å². The minimum atomic E-state index is -0.324. The fraction of sp³-hybridized carbons (Fsp3) is 0.450. The van der Waals surface area contributed by atoms with Gasteiger partial charge < -0.3 is 14.2 Å². The summed E-state index contributed by atoms with van der Waals surface area (Å²) in [6, 6.07) is 7.77. The number of benzene rings is 1. The normalized spacial score (nSPS) is 14.0. The van der Waals surface area contributed by atoms with Gasteiger partial charge in [0.05, 0.1) is 7.11 Å². The summed E-state index contributed by atoms with van der Waals surface area (Å²) in [5, 5.41) is 0. The Morgan fingerprint density at radius 3 is 2.71 bits per heavy atom. The summed E-state index contributed by atoms with van der Waals surface area (Å²) < 4.78 is 10.1. The number of rotatable bonds is 4. The number of ether oxygens (including phenoxy) is 1. The Balaban J connectivity index is 1.95. The quantitative estimate of drug-likeness (QED) is 0.690. The zero-order valence-corrected chi connectivity index (χ0v) is 16.7. The highest BCUT2D eigenvalue weighted by Gasteiger charge is 2.27. The molecule has 0 saturated carbocycles. The van der Waals surface area contributed by atoms with Crippen molar-refractivity contribution in [1.82, 2.24) is 18.7 Å². The first-order chi connectivity index (χ1) is 13.4. The number of nitrogens with zero attached hydrogens (tertiary/aromatic N) is 5. The van der Waals surface area contributed by atoms with Crippen LogP contribution in [0.2, 0.25) is 0 Å². The van der Waals surface area contributed by atoms with Crippen molar-refractivity contribution in [2.45, 2.75) is 33.4 Å². The second kappa shape index (κ2) is 6.85. The molecule has 3 aromatic rings. The maximum absolute atomic E-state index is 13.2. The summed E-state index contributed by atoms with van der Waals surface area (Å²) in [5.74, 6) is 1.64. The van der Waals surface area contributed by atoms with Gasteiger partial charge in [0, 0.05) is 38.4 Å². The van der Waals surface area contributed by atoms with E-state index >= 15 is 0 Å². The third kappa shape index (κ3) is 2.80. The van der Waals surface area contributed by atoms with Crippen molar-refractivity contribution in [2.24, 2.45) is 13.0 Å². The third-order valence-corrected chi connectivity index (χ3v) is 5.13. The summed E-state index contributed by atoms with van der Waals surface area (Å²) in [6.45, 7) is 5.85. The Morgan fingerprint density at radius 2 is 2.00 bits per heavy atom. The molecule has 0 aliphatic carbocycles. The van der Waals surface area contributed by atoms with Crippen LogP contribution in [0.4, 0.5) is 11.6 Å². The first-order valence-corrected chi connectivity index (χ1v) is 9.54. The molecule has 3 heterocycles. The molecule has 0 N–H and O–H groups in total. The summed E-state index contributed by atoms with van der Waals surface area (Å²) in [6.07, 6.45) is 0.877. The van der Waals surface area contributed by atoms with Gasteiger partial charge in [-0.3, -0.25) is 13.9 Å². The van der Waals surface area contributed by atoms with E-state index in [2.05, 4.69) is 4.90 Å². The van der Waals surface area contributed by atoms with Crippen LogP contribution in [0.5, 0.6) is 5.75 Å². The number of aromatic nitrogens is 4. The van der Waals surface area contributed by atoms with Crippen molar-refractivity contribution in [1.29, 1.82) is 0 Å². The van der Waals surface area contributed by atoms with Gasteiger partial charge in [-0.1, -0.05) is 19.9 Å². The van der Waals surface area contributed by atoms with Crippen LogP contribution >= 0.6 is 0 Å². The maximum Gasteiger partial charge on any atom is 0.332 e. The number of hydrogen-bond donors (Lipinski definition) is 0. The highest BCUT2D eigenvalue weighted by atomic mass is 16.5. The topological polar surface area (TPSA) is 74.3 Å². The molecule has 28 heavy (non-hydrogen) atoms. The minimum absolute atomic E-state index is 0.194. The highest BCUT2D eigenvalue weighted by molar-refractivity contribution is 5.77. The monoisotopic (exact) mass is 383 g/mol. The SMILES string of the molecule is COc1cccc(N2CCCn3c2nc2c3c(=O)n(CC(C)C)c(=O)n2C)c1. The Hall–Kier alpha value is -3.03. The van der Waals surface area contributed by atoms with Crippen molar-refractivity contribution < 1.29 is 4.74 Å². The van der Waals surface area contributed by atoms with Crippen LogP contribution in [0.1, 0.15) is 20.3 Å². The molecule has 0 bridgehead atoms. The summed E-state index contributed by atoms with van der Waals surface area (Å²) in [4.78, 5) is 32.7. The second-order valence-electron chi connectivity index (χ2n) is 7.59. The largest absolute Gasteiger partial charge is 0.497 e. The van der Waals surface area contributed by atoms with Crippen molar-refractivity contribution >= 4 is 22.8 Å². The Labute approximate surface area is 162 Å². The molecule has 0 saturated heterocycles. The van der Waals surface area contributed by atoms with Gasteiger partial charge in [-0.25, -0.2) is 4.79 Å². The summed E-state index contributed by atoms with van der Waals surface area (Å²) in [5.41, 5.74) is 1.28. The predicted octanol–water partition coefficient (Wildman–Crippen LogP) is 2.10. The fourth-order valence-electron chi connectivity index (χ4n) is 3.81. The van der Waals surface area contributed by atoms with Gasteiger partial charge in [0.15, 0.2) is 11.2 Å². The van der Waals surface area contributed by atoms with Gasteiger partial charge in [0.1, 0.15) is 5.75 Å². The second-order valence-corrected chi connectivity index (χ2v) is 7.59. The molecule has 0 unspecified atom stereocenters. The highest BCUT2D eigenvalue weighted by Crippen LogP contribution is 2.32. The van der Waals surface area contributed by atoms with Crippen LogP contribution < -0.4 is 20.9 Å². The van der Waals surface area contributed by atoms with Crippen LogP contribution in [0.25, 0.3) is 11.2 Å². The lowest BCUT2D eigenvalue weighted by atomic mass is 10.2. The van der Waals surface area contributed by atoms with E-state index in [0.29, 0.717) is 30.2 Å². The Bertz CT molecular complexity index is 1160. The number of fused-ring (bicyclic) bond motifs is 3. The third-order valence-electron chi connectivity index (χ3n) is 5.13. The molecule has 1 aliphatic heterocycles. The van der Waals surface area contributed by atoms with Crippen LogP contribution in [-0.2, 0) is 20.1 Å². The molecular formula is C20H25N5O3. The number of hydrogen-bond acceptors (Lipinski definition) is 5. The van der Waals surface area contributed by atoms with Gasteiger partial charge in [-0.05, 0) is 24.5 Å². The van der Waals surface area contributed by atoms with Gasteiger partial charge in [0.2, 0.25) is 5.95 Å². The maximum atomic E-state index is 13.2. The van der Waals surface area contributed by atoms with Crippen LogP contribution in [0, 0.1) is 5.92 Å². The molecule has 4 rings (SSSR count). The molecule has 148 valence electrons. The van der Waals surface area contributed by atoms with E-state index in [-0.39, 0.29) is 17.2 Å². The smallest absolute Gasteiger partial charge is 0.332 e. The van der Waals surface area contributed by atoms with E-state index in [9.17, 15) is 9.59 Å². The van der Waals surface area contributed by atoms with Crippen LogP contribution in [0.15, 0.2) is 33.9 Å². The Morgan fingerprint density at radius 1 is 1.21 bits per heavy atom. The summed E-state index contributed by atoms with van der Waals surface area (Å²) >= 11 is 0. The van der Waals surface area contributed by atoms with Crippen molar-refractivity contribution in [3.63, 3.8) is 0 Å².